The standard InChI is InChI=1S/C68H66N2/c1-49-19-39-61(40-20-49)69(63-43-35-55(36-44-63)25-23-53-27-31-59(32-28-53)47-57-13-7-5-8-14-57)67-51(3)52(4)68(66-18-12-11-17-65(66)67)70(62-41-21-50(2)22-42-62)64-45-37-56(38-46-64)26-24-54-29-33-60(34-30-54)48-58-15-9-6-10-16-58/h11-12,17-48H,5-10,13-16H2,1-4H3/b25-23+,26-24+. The lowest BCUT2D eigenvalue weighted by Crippen LogP contribution is -2.16. The summed E-state index contributed by atoms with van der Waals surface area (Å²) in [5.41, 5.74) is 22.4. The van der Waals surface area contributed by atoms with E-state index in [4.69, 9.17) is 0 Å². The summed E-state index contributed by atoms with van der Waals surface area (Å²) >= 11 is 0. The fourth-order valence-corrected chi connectivity index (χ4v) is 10.5. The average molecular weight is 911 g/mol. The van der Waals surface area contributed by atoms with Crippen LogP contribution >= 0.6 is 0 Å². The Morgan fingerprint density at radius 1 is 0.300 bits per heavy atom. The molecule has 8 aromatic carbocycles. The van der Waals surface area contributed by atoms with Crippen LogP contribution in [0.4, 0.5) is 34.1 Å². The Kier molecular flexibility index (Phi) is 14.2. The van der Waals surface area contributed by atoms with Crippen LogP contribution in [-0.2, 0) is 0 Å². The van der Waals surface area contributed by atoms with Gasteiger partial charge in [-0.25, -0.2) is 0 Å². The highest BCUT2D eigenvalue weighted by molar-refractivity contribution is 6.10. The smallest absolute Gasteiger partial charge is 0.0573 e. The molecule has 0 atom stereocenters. The predicted octanol–water partition coefficient (Wildman–Crippen LogP) is 20.0. The lowest BCUT2D eigenvalue weighted by atomic mass is 9.93. The van der Waals surface area contributed by atoms with Crippen molar-refractivity contribution in [3.05, 3.63) is 237 Å². The number of allylic oxidation sites excluding steroid dienone is 2. The zero-order valence-electron chi connectivity index (χ0n) is 41.6. The molecule has 0 aliphatic heterocycles. The zero-order valence-corrected chi connectivity index (χ0v) is 41.6. The number of benzene rings is 8. The predicted molar refractivity (Wildman–Crippen MR) is 305 cm³/mol. The number of anilines is 6. The summed E-state index contributed by atoms with van der Waals surface area (Å²) in [6, 6.07) is 63.0. The summed E-state index contributed by atoms with van der Waals surface area (Å²) in [5.74, 6) is 0. The van der Waals surface area contributed by atoms with Crippen molar-refractivity contribution in [2.24, 2.45) is 0 Å². The second kappa shape index (κ2) is 21.5. The molecule has 2 saturated carbocycles. The van der Waals surface area contributed by atoms with Crippen molar-refractivity contribution in [2.45, 2.75) is 91.9 Å². The molecule has 0 aromatic heterocycles. The van der Waals surface area contributed by atoms with Gasteiger partial charge in [0.1, 0.15) is 0 Å². The highest BCUT2D eigenvalue weighted by Crippen LogP contribution is 2.49. The van der Waals surface area contributed by atoms with Gasteiger partial charge in [0, 0.05) is 33.5 Å². The Balaban J connectivity index is 0.981. The number of nitrogens with zero attached hydrogens (tertiary/aromatic N) is 2. The molecule has 2 nitrogen and oxygen atoms in total. The van der Waals surface area contributed by atoms with Gasteiger partial charge in [-0.2, -0.15) is 0 Å². The number of hydrogen-bond acceptors (Lipinski definition) is 2. The Labute approximate surface area is 417 Å². The maximum Gasteiger partial charge on any atom is 0.0573 e. The van der Waals surface area contributed by atoms with Crippen LogP contribution in [0.15, 0.2) is 181 Å². The van der Waals surface area contributed by atoms with E-state index >= 15 is 0 Å². The Morgan fingerprint density at radius 2 is 0.571 bits per heavy atom. The minimum atomic E-state index is 1.12. The maximum absolute atomic E-state index is 2.46. The van der Waals surface area contributed by atoms with Crippen LogP contribution in [0, 0.1) is 27.7 Å². The molecule has 2 heteroatoms. The van der Waals surface area contributed by atoms with E-state index in [0.717, 1.165) is 22.7 Å². The number of hydrogen-bond donors (Lipinski definition) is 0. The van der Waals surface area contributed by atoms with E-state index in [1.165, 1.54) is 142 Å². The molecule has 0 amide bonds. The second-order valence-corrected chi connectivity index (χ2v) is 19.7. The lowest BCUT2D eigenvalue weighted by Gasteiger charge is -2.34. The summed E-state index contributed by atoms with van der Waals surface area (Å²) in [4.78, 5) is 4.92. The summed E-state index contributed by atoms with van der Waals surface area (Å²) in [6.07, 6.45) is 26.7. The van der Waals surface area contributed by atoms with Crippen molar-refractivity contribution < 1.29 is 0 Å². The first-order chi connectivity index (χ1) is 34.3. The van der Waals surface area contributed by atoms with Crippen LogP contribution in [0.1, 0.15) is 120 Å². The highest BCUT2D eigenvalue weighted by atomic mass is 15.2. The SMILES string of the molecule is Cc1ccc(N(c2ccc(/C=C/c3ccc(C=C4CCCCC4)cc3)cc2)c2c(C)c(C)c(N(c3ccc(C)cc3)c3ccc(/C=C/c4ccc(C=C5CCCCC5)cc4)cc3)c3ccccc23)cc1. The van der Waals surface area contributed by atoms with E-state index < -0.39 is 0 Å². The topological polar surface area (TPSA) is 6.48 Å². The van der Waals surface area contributed by atoms with Gasteiger partial charge in [-0.1, -0.05) is 193 Å². The van der Waals surface area contributed by atoms with Crippen LogP contribution in [-0.4, -0.2) is 0 Å². The van der Waals surface area contributed by atoms with Crippen LogP contribution in [0.2, 0.25) is 0 Å². The summed E-state index contributed by atoms with van der Waals surface area (Å²) < 4.78 is 0. The van der Waals surface area contributed by atoms with Crippen LogP contribution in [0.5, 0.6) is 0 Å². The van der Waals surface area contributed by atoms with E-state index in [1.807, 2.05) is 0 Å². The van der Waals surface area contributed by atoms with Gasteiger partial charge in [0.15, 0.2) is 0 Å². The molecule has 0 heterocycles. The van der Waals surface area contributed by atoms with E-state index in [1.54, 1.807) is 11.1 Å². The molecule has 0 unspecified atom stereocenters. The fourth-order valence-electron chi connectivity index (χ4n) is 10.5. The van der Waals surface area contributed by atoms with Crippen molar-refractivity contribution in [1.82, 2.24) is 0 Å². The summed E-state index contributed by atoms with van der Waals surface area (Å²) in [6.45, 7) is 8.92. The molecule has 2 aliphatic rings. The van der Waals surface area contributed by atoms with Crippen molar-refractivity contribution >= 4 is 81.4 Å². The van der Waals surface area contributed by atoms with Gasteiger partial charge in [0.2, 0.25) is 0 Å². The molecule has 0 spiro atoms. The van der Waals surface area contributed by atoms with Crippen molar-refractivity contribution in [3.8, 4) is 0 Å². The molecule has 10 rings (SSSR count). The molecule has 2 aliphatic carbocycles. The molecule has 8 aromatic rings. The molecule has 0 radical (unpaired) electrons. The van der Waals surface area contributed by atoms with Gasteiger partial charge in [-0.15, -0.1) is 0 Å². The van der Waals surface area contributed by atoms with Crippen molar-refractivity contribution in [1.29, 1.82) is 0 Å². The number of aryl methyl sites for hydroxylation is 2. The summed E-state index contributed by atoms with van der Waals surface area (Å²) in [7, 11) is 0. The molecule has 0 saturated heterocycles. The quantitative estimate of drug-likeness (QED) is 0.113. The minimum absolute atomic E-state index is 1.12. The first-order valence-corrected chi connectivity index (χ1v) is 25.7. The van der Waals surface area contributed by atoms with Crippen LogP contribution < -0.4 is 9.80 Å². The van der Waals surface area contributed by atoms with Crippen LogP contribution in [0.25, 0.3) is 47.2 Å². The van der Waals surface area contributed by atoms with Gasteiger partial charge >= 0.3 is 0 Å². The molecular formula is C68H66N2. The molecule has 0 N–H and O–H groups in total. The second-order valence-electron chi connectivity index (χ2n) is 19.7. The molecule has 0 bridgehead atoms. The number of fused-ring (bicyclic) bond motifs is 1. The van der Waals surface area contributed by atoms with E-state index in [9.17, 15) is 0 Å². The molecule has 70 heavy (non-hydrogen) atoms. The fraction of sp³-hybridized carbons (Fsp3) is 0.206. The minimum Gasteiger partial charge on any atom is -0.310 e. The molecule has 2 fully saturated rings. The van der Waals surface area contributed by atoms with Gasteiger partial charge < -0.3 is 9.80 Å². The Morgan fingerprint density at radius 3 is 0.886 bits per heavy atom. The summed E-state index contributed by atoms with van der Waals surface area (Å²) in [5, 5.41) is 2.40. The van der Waals surface area contributed by atoms with Crippen molar-refractivity contribution in [2.75, 3.05) is 9.80 Å². The van der Waals surface area contributed by atoms with E-state index in [-0.39, 0.29) is 0 Å². The van der Waals surface area contributed by atoms with Gasteiger partial charge in [0.05, 0.1) is 11.4 Å². The third-order valence-corrected chi connectivity index (χ3v) is 14.6. The van der Waals surface area contributed by atoms with Crippen LogP contribution in [0.3, 0.4) is 0 Å². The zero-order chi connectivity index (χ0) is 47.8. The third-order valence-electron chi connectivity index (χ3n) is 14.6. The van der Waals surface area contributed by atoms with Crippen molar-refractivity contribution in [3.63, 3.8) is 0 Å². The first kappa shape index (κ1) is 46.3. The Hall–Kier alpha value is -7.42. The van der Waals surface area contributed by atoms with Gasteiger partial charge in [-0.05, 0) is 172 Å². The molecular weight excluding hydrogens is 845 g/mol. The van der Waals surface area contributed by atoms with Gasteiger partial charge in [-0.3, -0.25) is 0 Å². The Bertz CT molecular complexity index is 2950. The third kappa shape index (κ3) is 10.7. The largest absolute Gasteiger partial charge is 0.310 e. The maximum atomic E-state index is 2.46. The highest BCUT2D eigenvalue weighted by Gasteiger charge is 2.26. The number of rotatable bonds is 12. The van der Waals surface area contributed by atoms with Gasteiger partial charge in [0.25, 0.3) is 0 Å². The van der Waals surface area contributed by atoms with E-state index in [0.29, 0.717) is 0 Å². The normalized spacial score (nSPS) is 14.1. The van der Waals surface area contributed by atoms with E-state index in [2.05, 4.69) is 244 Å². The monoisotopic (exact) mass is 911 g/mol. The lowest BCUT2D eigenvalue weighted by molar-refractivity contribution is 0.602. The average Bonchev–Trinajstić information content (AvgIpc) is 3.40. The first-order valence-electron chi connectivity index (χ1n) is 25.7. The molecule has 348 valence electrons.